The van der Waals surface area contributed by atoms with Gasteiger partial charge in [0.15, 0.2) is 0 Å². The van der Waals surface area contributed by atoms with Gasteiger partial charge in [-0.15, -0.1) is 11.3 Å². The Labute approximate surface area is 176 Å². The number of nitrogens with zero attached hydrogens (tertiary/aromatic N) is 4. The fourth-order valence-electron chi connectivity index (χ4n) is 3.76. The van der Waals surface area contributed by atoms with Gasteiger partial charge in [0.2, 0.25) is 11.8 Å². The number of hydrogen-bond acceptors (Lipinski definition) is 6. The Balaban J connectivity index is 0.000000396. The summed E-state index contributed by atoms with van der Waals surface area (Å²) in [5.74, 6) is -2.44. The molecule has 1 aromatic heterocycles. The van der Waals surface area contributed by atoms with E-state index in [-0.39, 0.29) is 17.2 Å². The normalized spacial score (nSPS) is 22.6. The molecule has 12 heteroatoms. The van der Waals surface area contributed by atoms with Gasteiger partial charge in [0.1, 0.15) is 5.01 Å². The maximum atomic E-state index is 12.3. The second-order valence-electron chi connectivity index (χ2n) is 7.46. The molecule has 1 spiro atoms. The third-order valence-corrected chi connectivity index (χ3v) is 5.85. The standard InChI is InChI=1S/C16H24N4O2S.C2HF3O2/c1-3-19-11-16(8-15(19)22)10-18(9-14-17-4-7-23-14)5-6-20(12-16)13(2)21;3-2(4,5)1(6)7/h4,7H,3,5-6,8-12H2,1-2H3;(H,6,7). The number of aliphatic carboxylic acids is 1. The molecule has 8 nitrogen and oxygen atoms in total. The van der Waals surface area contributed by atoms with Crippen molar-refractivity contribution in [1.82, 2.24) is 19.7 Å². The lowest BCUT2D eigenvalue weighted by atomic mass is 9.86. The van der Waals surface area contributed by atoms with E-state index in [1.54, 1.807) is 18.3 Å². The first-order valence-corrected chi connectivity index (χ1v) is 10.3. The topological polar surface area (TPSA) is 94.1 Å². The molecule has 3 heterocycles. The van der Waals surface area contributed by atoms with Gasteiger partial charge in [-0.05, 0) is 6.92 Å². The Kier molecular flexibility index (Phi) is 7.81. The van der Waals surface area contributed by atoms with Gasteiger partial charge in [0, 0.05) is 69.6 Å². The maximum Gasteiger partial charge on any atom is 0.490 e. The number of likely N-dealkylation sites (tertiary alicyclic amines) is 1. The molecule has 2 aliphatic heterocycles. The van der Waals surface area contributed by atoms with Crippen LogP contribution in [0.25, 0.3) is 0 Å². The van der Waals surface area contributed by atoms with E-state index in [0.717, 1.165) is 44.3 Å². The molecule has 168 valence electrons. The fraction of sp³-hybridized carbons (Fsp3) is 0.667. The molecule has 2 amide bonds. The third-order valence-electron chi connectivity index (χ3n) is 5.09. The Hall–Kier alpha value is -2.21. The number of alkyl halides is 3. The number of hydrogen-bond donors (Lipinski definition) is 1. The molecule has 0 aromatic carbocycles. The predicted octanol–water partition coefficient (Wildman–Crippen LogP) is 1.68. The summed E-state index contributed by atoms with van der Waals surface area (Å²) in [6.07, 6.45) is -2.72. The molecule has 0 aliphatic carbocycles. The quantitative estimate of drug-likeness (QED) is 0.753. The molecule has 2 saturated heterocycles. The SMILES string of the molecule is CCN1CC2(CC1=O)CN(Cc1nccs1)CCN(C(C)=O)C2.O=C(O)C(F)(F)F. The van der Waals surface area contributed by atoms with E-state index in [4.69, 9.17) is 9.90 Å². The maximum absolute atomic E-state index is 12.3. The summed E-state index contributed by atoms with van der Waals surface area (Å²) in [5.41, 5.74) is -0.146. The average Bonchev–Trinajstić information content (AvgIpc) is 3.20. The van der Waals surface area contributed by atoms with E-state index in [9.17, 15) is 22.8 Å². The van der Waals surface area contributed by atoms with Crippen molar-refractivity contribution in [3.05, 3.63) is 16.6 Å². The summed E-state index contributed by atoms with van der Waals surface area (Å²) in [7, 11) is 0. The van der Waals surface area contributed by atoms with Crippen LogP contribution in [0.3, 0.4) is 0 Å². The van der Waals surface area contributed by atoms with E-state index in [2.05, 4.69) is 9.88 Å². The first-order chi connectivity index (χ1) is 14.0. The molecule has 1 atom stereocenters. The van der Waals surface area contributed by atoms with Gasteiger partial charge in [0.05, 0.1) is 6.54 Å². The minimum Gasteiger partial charge on any atom is -0.475 e. The van der Waals surface area contributed by atoms with Crippen LogP contribution in [0.1, 0.15) is 25.3 Å². The van der Waals surface area contributed by atoms with Crippen molar-refractivity contribution in [2.75, 3.05) is 39.3 Å². The van der Waals surface area contributed by atoms with E-state index in [1.807, 2.05) is 28.3 Å². The molecular weight excluding hydrogens is 425 g/mol. The highest BCUT2D eigenvalue weighted by atomic mass is 32.1. The Morgan fingerprint density at radius 2 is 1.93 bits per heavy atom. The van der Waals surface area contributed by atoms with Crippen molar-refractivity contribution < 1.29 is 32.7 Å². The Morgan fingerprint density at radius 1 is 1.27 bits per heavy atom. The molecule has 30 heavy (non-hydrogen) atoms. The summed E-state index contributed by atoms with van der Waals surface area (Å²) in [6.45, 7) is 9.02. The van der Waals surface area contributed by atoms with E-state index < -0.39 is 12.1 Å². The summed E-state index contributed by atoms with van der Waals surface area (Å²) < 4.78 is 31.7. The van der Waals surface area contributed by atoms with Crippen molar-refractivity contribution in [1.29, 1.82) is 0 Å². The highest BCUT2D eigenvalue weighted by Gasteiger charge is 2.46. The van der Waals surface area contributed by atoms with Gasteiger partial charge in [-0.3, -0.25) is 14.5 Å². The number of halogens is 3. The van der Waals surface area contributed by atoms with E-state index in [0.29, 0.717) is 13.0 Å². The molecule has 0 radical (unpaired) electrons. The summed E-state index contributed by atoms with van der Waals surface area (Å²) in [6, 6.07) is 0. The molecule has 0 saturated carbocycles. The lowest BCUT2D eigenvalue weighted by Crippen LogP contribution is -2.43. The van der Waals surface area contributed by atoms with Gasteiger partial charge in [0.25, 0.3) is 0 Å². The molecule has 1 aromatic rings. The number of aromatic nitrogens is 1. The van der Waals surface area contributed by atoms with Crippen LogP contribution < -0.4 is 0 Å². The lowest BCUT2D eigenvalue weighted by molar-refractivity contribution is -0.192. The van der Waals surface area contributed by atoms with Gasteiger partial charge in [-0.25, -0.2) is 9.78 Å². The van der Waals surface area contributed by atoms with Gasteiger partial charge < -0.3 is 14.9 Å². The monoisotopic (exact) mass is 450 g/mol. The van der Waals surface area contributed by atoms with Gasteiger partial charge in [-0.1, -0.05) is 0 Å². The van der Waals surface area contributed by atoms with Crippen LogP contribution in [0.2, 0.25) is 0 Å². The molecular formula is C18H25F3N4O4S. The molecule has 3 rings (SSSR count). The minimum atomic E-state index is -5.08. The zero-order valence-corrected chi connectivity index (χ0v) is 17.6. The highest BCUT2D eigenvalue weighted by Crippen LogP contribution is 2.35. The second-order valence-corrected chi connectivity index (χ2v) is 8.44. The first-order valence-electron chi connectivity index (χ1n) is 9.40. The number of rotatable bonds is 3. The van der Waals surface area contributed by atoms with Crippen LogP contribution in [-0.2, 0) is 20.9 Å². The first kappa shape index (κ1) is 24.1. The molecule has 2 fully saturated rings. The van der Waals surface area contributed by atoms with Crippen LogP contribution in [0.4, 0.5) is 13.2 Å². The van der Waals surface area contributed by atoms with Gasteiger partial charge in [-0.2, -0.15) is 13.2 Å². The molecule has 0 bridgehead atoms. The van der Waals surface area contributed by atoms with Crippen LogP contribution >= 0.6 is 11.3 Å². The summed E-state index contributed by atoms with van der Waals surface area (Å²) in [5, 5.41) is 10.2. The van der Waals surface area contributed by atoms with Crippen LogP contribution in [0.15, 0.2) is 11.6 Å². The number of carbonyl (C=O) groups is 3. The van der Waals surface area contributed by atoms with Crippen LogP contribution in [-0.4, -0.2) is 88.0 Å². The minimum absolute atomic E-state index is 0.0999. The van der Waals surface area contributed by atoms with Crippen LogP contribution in [0, 0.1) is 5.41 Å². The predicted molar refractivity (Wildman–Crippen MR) is 103 cm³/mol. The van der Waals surface area contributed by atoms with Crippen molar-refractivity contribution >= 4 is 29.1 Å². The van der Waals surface area contributed by atoms with Crippen LogP contribution in [0.5, 0.6) is 0 Å². The average molecular weight is 450 g/mol. The zero-order valence-electron chi connectivity index (χ0n) is 16.8. The zero-order chi connectivity index (χ0) is 22.5. The summed E-state index contributed by atoms with van der Waals surface area (Å²) in [4.78, 5) is 43.7. The van der Waals surface area contributed by atoms with Crippen molar-refractivity contribution in [3.63, 3.8) is 0 Å². The van der Waals surface area contributed by atoms with Gasteiger partial charge >= 0.3 is 12.1 Å². The van der Waals surface area contributed by atoms with E-state index in [1.165, 1.54) is 0 Å². The van der Waals surface area contributed by atoms with E-state index >= 15 is 0 Å². The Bertz CT molecular complexity index is 759. The smallest absolute Gasteiger partial charge is 0.475 e. The van der Waals surface area contributed by atoms with Crippen molar-refractivity contribution in [3.8, 4) is 0 Å². The largest absolute Gasteiger partial charge is 0.490 e. The number of carboxylic acid groups (broad SMARTS) is 1. The Morgan fingerprint density at radius 3 is 2.40 bits per heavy atom. The summed E-state index contributed by atoms with van der Waals surface area (Å²) >= 11 is 1.66. The number of carboxylic acids is 1. The number of amides is 2. The molecule has 1 unspecified atom stereocenters. The second kappa shape index (κ2) is 9.73. The number of carbonyl (C=O) groups excluding carboxylic acids is 2. The molecule has 2 aliphatic rings. The van der Waals surface area contributed by atoms with Crippen molar-refractivity contribution in [2.24, 2.45) is 5.41 Å². The lowest BCUT2D eigenvalue weighted by Gasteiger charge is -2.33. The van der Waals surface area contributed by atoms with Crippen molar-refractivity contribution in [2.45, 2.75) is 33.0 Å². The number of thiazole rings is 1. The molecule has 1 N–H and O–H groups in total. The third kappa shape index (κ3) is 6.39. The fourth-order valence-corrected chi connectivity index (χ4v) is 4.41. The highest BCUT2D eigenvalue weighted by molar-refractivity contribution is 7.09.